The number of thiophene rings is 1. The van der Waals surface area contributed by atoms with E-state index in [0.29, 0.717) is 10.9 Å². The van der Waals surface area contributed by atoms with Crippen LogP contribution in [0.25, 0.3) is 10.1 Å². The fourth-order valence-electron chi connectivity index (χ4n) is 1.18. The average molecular weight is 235 g/mol. The molecule has 0 aliphatic rings. The van der Waals surface area contributed by atoms with E-state index in [1.54, 1.807) is 0 Å². The van der Waals surface area contributed by atoms with Crippen molar-refractivity contribution in [2.75, 3.05) is 0 Å². The highest BCUT2D eigenvalue weighted by atomic mass is 35.5. The summed E-state index contributed by atoms with van der Waals surface area (Å²) in [6.07, 6.45) is 0. The molecule has 68 valence electrons. The van der Waals surface area contributed by atoms with Gasteiger partial charge in [0.25, 0.3) is 0 Å². The molecule has 2 aromatic rings. The quantitative estimate of drug-likeness (QED) is 0.641. The summed E-state index contributed by atoms with van der Waals surface area (Å²) in [6.45, 7) is 0. The van der Waals surface area contributed by atoms with Gasteiger partial charge in [-0.25, -0.2) is 0 Å². The molecule has 0 radical (unpaired) electrons. The predicted molar refractivity (Wildman–Crippen MR) is 56.4 cm³/mol. The number of benzene rings is 1. The summed E-state index contributed by atoms with van der Waals surface area (Å²) in [4.78, 5) is 0. The zero-order valence-corrected chi connectivity index (χ0v) is 8.81. The smallest absolute Gasteiger partial charge is 0.177 e. The van der Waals surface area contributed by atoms with E-state index in [-0.39, 0.29) is 5.13 Å². The van der Waals surface area contributed by atoms with E-state index >= 15 is 0 Å². The van der Waals surface area contributed by atoms with Gasteiger partial charge in [-0.3, -0.25) is 0 Å². The van der Waals surface area contributed by atoms with Gasteiger partial charge in [0.05, 0.1) is 9.72 Å². The maximum absolute atomic E-state index is 12.9. The fourth-order valence-corrected chi connectivity index (χ4v) is 2.67. The topological polar surface area (TPSA) is 0 Å². The van der Waals surface area contributed by atoms with Gasteiger partial charge >= 0.3 is 0 Å². The lowest BCUT2D eigenvalue weighted by Gasteiger charge is -1.99. The van der Waals surface area contributed by atoms with Gasteiger partial charge in [-0.2, -0.15) is 4.39 Å². The van der Waals surface area contributed by atoms with Crippen LogP contribution in [0.1, 0.15) is 5.56 Å². The van der Waals surface area contributed by atoms with Crippen LogP contribution in [0.4, 0.5) is 4.39 Å². The minimum Gasteiger partial charge on any atom is -0.195 e. The maximum Gasteiger partial charge on any atom is 0.177 e. The van der Waals surface area contributed by atoms with Crippen LogP contribution in [0, 0.1) is 5.13 Å². The zero-order chi connectivity index (χ0) is 9.42. The summed E-state index contributed by atoms with van der Waals surface area (Å²) in [5, 5.41) is 1.19. The van der Waals surface area contributed by atoms with Gasteiger partial charge in [0.15, 0.2) is 5.13 Å². The van der Waals surface area contributed by atoms with E-state index < -0.39 is 0 Å². The zero-order valence-electron chi connectivity index (χ0n) is 6.48. The van der Waals surface area contributed by atoms with Crippen LogP contribution < -0.4 is 0 Å². The van der Waals surface area contributed by atoms with Crippen molar-refractivity contribution < 1.29 is 4.39 Å². The van der Waals surface area contributed by atoms with Gasteiger partial charge in [0, 0.05) is 5.88 Å². The van der Waals surface area contributed by atoms with Crippen molar-refractivity contribution in [1.29, 1.82) is 0 Å². The van der Waals surface area contributed by atoms with E-state index in [2.05, 4.69) is 0 Å². The number of hydrogen-bond donors (Lipinski definition) is 0. The van der Waals surface area contributed by atoms with Crippen molar-refractivity contribution in [1.82, 2.24) is 0 Å². The molecule has 0 nitrogen and oxygen atoms in total. The van der Waals surface area contributed by atoms with Crippen molar-refractivity contribution in [2.45, 2.75) is 5.88 Å². The summed E-state index contributed by atoms with van der Waals surface area (Å²) >= 11 is 12.7. The number of fused-ring (bicyclic) bond motifs is 1. The molecule has 0 aliphatic heterocycles. The van der Waals surface area contributed by atoms with E-state index in [9.17, 15) is 4.39 Å². The van der Waals surface area contributed by atoms with Crippen LogP contribution in [-0.4, -0.2) is 0 Å². The van der Waals surface area contributed by atoms with Crippen molar-refractivity contribution in [3.8, 4) is 0 Å². The number of alkyl halides is 1. The Bertz CT molecular complexity index is 450. The first kappa shape index (κ1) is 9.25. The molecular weight excluding hydrogens is 230 g/mol. The summed E-state index contributed by atoms with van der Waals surface area (Å²) < 4.78 is 13.6. The molecule has 0 unspecified atom stereocenters. The summed E-state index contributed by atoms with van der Waals surface area (Å²) in [5.41, 5.74) is 0.845. The van der Waals surface area contributed by atoms with Crippen LogP contribution >= 0.6 is 34.5 Å². The molecule has 0 saturated heterocycles. The van der Waals surface area contributed by atoms with E-state index in [1.165, 1.54) is 6.07 Å². The number of rotatable bonds is 1. The molecule has 0 saturated carbocycles. The highest BCUT2D eigenvalue weighted by Crippen LogP contribution is 2.33. The Labute approximate surface area is 88.9 Å². The third kappa shape index (κ3) is 1.54. The van der Waals surface area contributed by atoms with Crippen molar-refractivity contribution >= 4 is 44.6 Å². The Hall–Kier alpha value is -0.310. The normalized spacial score (nSPS) is 11.0. The molecule has 0 aliphatic carbocycles. The molecule has 1 aromatic carbocycles. The molecule has 13 heavy (non-hydrogen) atoms. The summed E-state index contributed by atoms with van der Waals surface area (Å²) in [7, 11) is 0. The molecule has 0 atom stereocenters. The first-order valence-electron chi connectivity index (χ1n) is 3.65. The second-order valence-electron chi connectivity index (χ2n) is 2.64. The molecule has 0 amide bonds. The average Bonchev–Trinajstić information content (AvgIpc) is 2.47. The minimum absolute atomic E-state index is 0.219. The second kappa shape index (κ2) is 3.45. The van der Waals surface area contributed by atoms with Gasteiger partial charge in [0.1, 0.15) is 0 Å². The molecule has 1 heterocycles. The molecule has 1 aromatic heterocycles. The maximum atomic E-state index is 12.9. The van der Waals surface area contributed by atoms with Gasteiger partial charge in [-0.1, -0.05) is 23.7 Å². The number of hydrogen-bond acceptors (Lipinski definition) is 1. The SMILES string of the molecule is Fc1cc2ccc(CCl)c(Cl)c2s1. The Kier molecular flexibility index (Phi) is 2.45. The lowest BCUT2D eigenvalue weighted by atomic mass is 10.2. The first-order chi connectivity index (χ1) is 6.22. The van der Waals surface area contributed by atoms with Gasteiger partial charge < -0.3 is 0 Å². The van der Waals surface area contributed by atoms with E-state index in [0.717, 1.165) is 27.0 Å². The Morgan fingerprint density at radius 1 is 1.38 bits per heavy atom. The monoisotopic (exact) mass is 234 g/mol. The second-order valence-corrected chi connectivity index (χ2v) is 4.29. The van der Waals surface area contributed by atoms with Crippen LogP contribution in [0.15, 0.2) is 18.2 Å². The molecule has 0 bridgehead atoms. The third-order valence-corrected chi connectivity index (χ3v) is 3.61. The minimum atomic E-state index is -0.219. The standard InChI is InChI=1S/C9H5Cl2FS/c10-4-6-2-1-5-3-7(12)13-9(5)8(6)11/h1-3H,4H2. The lowest BCUT2D eigenvalue weighted by molar-refractivity contribution is 0.658. The van der Waals surface area contributed by atoms with Gasteiger partial charge in [0.2, 0.25) is 0 Å². The fraction of sp³-hybridized carbons (Fsp3) is 0.111. The Morgan fingerprint density at radius 3 is 2.85 bits per heavy atom. The van der Waals surface area contributed by atoms with E-state index in [4.69, 9.17) is 23.2 Å². The van der Waals surface area contributed by atoms with Gasteiger partial charge in [-0.05, 0) is 17.0 Å². The molecular formula is C9H5Cl2FS. The largest absolute Gasteiger partial charge is 0.195 e. The highest BCUT2D eigenvalue weighted by molar-refractivity contribution is 7.18. The van der Waals surface area contributed by atoms with Gasteiger partial charge in [-0.15, -0.1) is 22.9 Å². The van der Waals surface area contributed by atoms with Crippen LogP contribution in [0.2, 0.25) is 5.02 Å². The van der Waals surface area contributed by atoms with Crippen LogP contribution in [-0.2, 0) is 5.88 Å². The van der Waals surface area contributed by atoms with Crippen LogP contribution in [0.5, 0.6) is 0 Å². The first-order valence-corrected chi connectivity index (χ1v) is 5.37. The van der Waals surface area contributed by atoms with Crippen LogP contribution in [0.3, 0.4) is 0 Å². The summed E-state index contributed by atoms with van der Waals surface area (Å²) in [6, 6.07) is 5.13. The van der Waals surface area contributed by atoms with Crippen molar-refractivity contribution in [2.24, 2.45) is 0 Å². The van der Waals surface area contributed by atoms with E-state index in [1.807, 2.05) is 12.1 Å². The molecule has 2 rings (SSSR count). The Morgan fingerprint density at radius 2 is 2.15 bits per heavy atom. The third-order valence-electron chi connectivity index (χ3n) is 1.82. The predicted octanol–water partition coefficient (Wildman–Crippen LogP) is 4.43. The molecule has 0 spiro atoms. The van der Waals surface area contributed by atoms with Crippen molar-refractivity contribution in [3.63, 3.8) is 0 Å². The number of halogens is 3. The Balaban J connectivity index is 2.78. The van der Waals surface area contributed by atoms with Crippen molar-refractivity contribution in [3.05, 3.63) is 33.9 Å². The lowest BCUT2D eigenvalue weighted by Crippen LogP contribution is -1.78. The summed E-state index contributed by atoms with van der Waals surface area (Å²) in [5.74, 6) is 0.355. The molecule has 0 fully saturated rings. The molecule has 0 N–H and O–H groups in total. The highest BCUT2D eigenvalue weighted by Gasteiger charge is 2.08. The molecule has 4 heteroatoms.